The number of carbonyl (C=O) groups is 2. The maximum absolute atomic E-state index is 11.7. The number of hydrogen-bond donors (Lipinski definition) is 2. The second kappa shape index (κ2) is 4.65. The molecule has 17 heavy (non-hydrogen) atoms. The summed E-state index contributed by atoms with van der Waals surface area (Å²) in [7, 11) is 1.27. The molecule has 2 aromatic rings. The van der Waals surface area contributed by atoms with E-state index in [4.69, 9.17) is 0 Å². The van der Waals surface area contributed by atoms with Crippen molar-refractivity contribution in [1.82, 2.24) is 15.5 Å². The van der Waals surface area contributed by atoms with Crippen LogP contribution in [0.2, 0.25) is 0 Å². The fourth-order valence-electron chi connectivity index (χ4n) is 1.40. The zero-order valence-corrected chi connectivity index (χ0v) is 9.19. The molecule has 0 unspecified atom stereocenters. The van der Waals surface area contributed by atoms with Crippen LogP contribution in [0.4, 0.5) is 0 Å². The molecule has 6 heteroatoms. The van der Waals surface area contributed by atoms with Gasteiger partial charge in [-0.3, -0.25) is 14.7 Å². The number of aromatic amines is 1. The molecule has 2 N–H and O–H groups in total. The van der Waals surface area contributed by atoms with Gasteiger partial charge in [-0.05, 0) is 12.1 Å². The number of methoxy groups -OCH3 is 1. The molecule has 1 amide bonds. The Labute approximate surface area is 97.0 Å². The predicted octanol–water partition coefficient (Wildman–Crippen LogP) is 0.466. The van der Waals surface area contributed by atoms with Crippen LogP contribution in [0.25, 0.3) is 10.9 Å². The quantitative estimate of drug-likeness (QED) is 0.754. The van der Waals surface area contributed by atoms with Crippen LogP contribution in [0.15, 0.2) is 24.4 Å². The fraction of sp³-hybridized carbons (Fsp3) is 0.182. The molecule has 1 heterocycles. The molecule has 0 radical (unpaired) electrons. The maximum atomic E-state index is 11.7. The Balaban J connectivity index is 2.10. The van der Waals surface area contributed by atoms with Gasteiger partial charge in [0.2, 0.25) is 0 Å². The smallest absolute Gasteiger partial charge is 0.325 e. The minimum Gasteiger partial charge on any atom is -0.468 e. The topological polar surface area (TPSA) is 84.1 Å². The van der Waals surface area contributed by atoms with Crippen molar-refractivity contribution >= 4 is 22.8 Å². The van der Waals surface area contributed by atoms with E-state index in [2.05, 4.69) is 20.3 Å². The van der Waals surface area contributed by atoms with Crippen LogP contribution in [-0.4, -0.2) is 35.7 Å². The Kier molecular flexibility index (Phi) is 3.04. The standard InChI is InChI=1S/C11H11N3O3/c1-17-10(15)6-12-11(16)7-2-3-8-5-13-14-9(8)4-7/h2-5H,6H2,1H3,(H,12,16)(H,13,14). The van der Waals surface area contributed by atoms with E-state index < -0.39 is 5.97 Å². The van der Waals surface area contributed by atoms with Gasteiger partial charge in [-0.25, -0.2) is 0 Å². The Bertz CT molecular complexity index is 562. The first kappa shape index (κ1) is 11.1. The highest BCUT2D eigenvalue weighted by atomic mass is 16.5. The molecule has 0 aliphatic rings. The molecule has 0 bridgehead atoms. The van der Waals surface area contributed by atoms with Gasteiger partial charge in [0.25, 0.3) is 5.91 Å². The van der Waals surface area contributed by atoms with E-state index in [9.17, 15) is 9.59 Å². The number of aromatic nitrogens is 2. The number of hydrogen-bond acceptors (Lipinski definition) is 4. The van der Waals surface area contributed by atoms with Gasteiger partial charge in [0.15, 0.2) is 0 Å². The summed E-state index contributed by atoms with van der Waals surface area (Å²) < 4.78 is 4.42. The number of amides is 1. The SMILES string of the molecule is COC(=O)CNC(=O)c1ccc2cn[nH]c2c1. The van der Waals surface area contributed by atoms with Gasteiger partial charge in [0.05, 0.1) is 18.8 Å². The Morgan fingerprint density at radius 3 is 3.06 bits per heavy atom. The Hall–Kier alpha value is -2.37. The first-order chi connectivity index (χ1) is 8.20. The molecule has 0 aliphatic heterocycles. The van der Waals surface area contributed by atoms with Gasteiger partial charge < -0.3 is 10.1 Å². The van der Waals surface area contributed by atoms with E-state index in [1.54, 1.807) is 24.4 Å². The number of nitrogens with one attached hydrogen (secondary N) is 2. The summed E-state index contributed by atoms with van der Waals surface area (Å²) in [5.41, 5.74) is 1.24. The van der Waals surface area contributed by atoms with Gasteiger partial charge in [0.1, 0.15) is 6.54 Å². The molecule has 0 saturated heterocycles. The number of H-pyrrole nitrogens is 1. The summed E-state index contributed by atoms with van der Waals surface area (Å²) in [6.45, 7) is -0.143. The number of nitrogens with zero attached hydrogens (tertiary/aromatic N) is 1. The van der Waals surface area contributed by atoms with Crippen LogP contribution < -0.4 is 5.32 Å². The van der Waals surface area contributed by atoms with Crippen molar-refractivity contribution < 1.29 is 14.3 Å². The second-order valence-electron chi connectivity index (χ2n) is 3.43. The van der Waals surface area contributed by atoms with E-state index >= 15 is 0 Å². The number of benzene rings is 1. The first-order valence-corrected chi connectivity index (χ1v) is 4.99. The largest absolute Gasteiger partial charge is 0.468 e. The number of ether oxygens (including phenoxy) is 1. The first-order valence-electron chi connectivity index (χ1n) is 4.99. The average molecular weight is 233 g/mol. The lowest BCUT2D eigenvalue weighted by Gasteiger charge is -2.03. The Morgan fingerprint density at radius 2 is 2.29 bits per heavy atom. The molecule has 0 atom stereocenters. The number of fused-ring (bicyclic) bond motifs is 1. The van der Waals surface area contributed by atoms with Crippen molar-refractivity contribution in [3.05, 3.63) is 30.0 Å². The highest BCUT2D eigenvalue weighted by Gasteiger charge is 2.08. The molecule has 6 nitrogen and oxygen atoms in total. The van der Waals surface area contributed by atoms with Crippen LogP contribution in [0, 0.1) is 0 Å². The van der Waals surface area contributed by atoms with E-state index in [1.165, 1.54) is 7.11 Å². The highest BCUT2D eigenvalue weighted by molar-refractivity contribution is 5.98. The van der Waals surface area contributed by atoms with Gasteiger partial charge in [-0.1, -0.05) is 6.07 Å². The highest BCUT2D eigenvalue weighted by Crippen LogP contribution is 2.12. The lowest BCUT2D eigenvalue weighted by atomic mass is 10.1. The minimum absolute atomic E-state index is 0.143. The van der Waals surface area contributed by atoms with Crippen molar-refractivity contribution in [3.63, 3.8) is 0 Å². The number of esters is 1. The lowest BCUT2D eigenvalue weighted by molar-refractivity contribution is -0.139. The molecule has 0 spiro atoms. The average Bonchev–Trinajstić information content (AvgIpc) is 2.82. The van der Waals surface area contributed by atoms with Crippen molar-refractivity contribution in [2.45, 2.75) is 0 Å². The summed E-state index contributed by atoms with van der Waals surface area (Å²) in [5, 5.41) is 10.0. The molecule has 88 valence electrons. The molecule has 1 aromatic heterocycles. The summed E-state index contributed by atoms with van der Waals surface area (Å²) in [6.07, 6.45) is 1.67. The summed E-state index contributed by atoms with van der Waals surface area (Å²) in [5.74, 6) is -0.812. The number of rotatable bonds is 3. The zero-order chi connectivity index (χ0) is 12.3. The van der Waals surface area contributed by atoms with Crippen molar-refractivity contribution in [2.75, 3.05) is 13.7 Å². The number of carbonyl (C=O) groups excluding carboxylic acids is 2. The van der Waals surface area contributed by atoms with Crippen LogP contribution in [-0.2, 0) is 9.53 Å². The maximum Gasteiger partial charge on any atom is 0.325 e. The Morgan fingerprint density at radius 1 is 1.47 bits per heavy atom. The third-order valence-corrected chi connectivity index (χ3v) is 2.33. The lowest BCUT2D eigenvalue weighted by Crippen LogP contribution is -2.30. The molecule has 1 aromatic carbocycles. The third kappa shape index (κ3) is 2.41. The van der Waals surface area contributed by atoms with Crippen molar-refractivity contribution in [2.24, 2.45) is 0 Å². The molecule has 0 saturated carbocycles. The van der Waals surface area contributed by atoms with Gasteiger partial charge >= 0.3 is 5.97 Å². The van der Waals surface area contributed by atoms with E-state index in [0.29, 0.717) is 5.56 Å². The van der Waals surface area contributed by atoms with Crippen LogP contribution >= 0.6 is 0 Å². The predicted molar refractivity (Wildman–Crippen MR) is 60.4 cm³/mol. The summed E-state index contributed by atoms with van der Waals surface area (Å²) in [6, 6.07) is 5.13. The fourth-order valence-corrected chi connectivity index (χ4v) is 1.40. The second-order valence-corrected chi connectivity index (χ2v) is 3.43. The van der Waals surface area contributed by atoms with Crippen LogP contribution in [0.1, 0.15) is 10.4 Å². The molecule has 0 aliphatic carbocycles. The van der Waals surface area contributed by atoms with Crippen LogP contribution in [0.3, 0.4) is 0 Å². The summed E-state index contributed by atoms with van der Waals surface area (Å²) in [4.78, 5) is 22.5. The zero-order valence-electron chi connectivity index (χ0n) is 9.19. The third-order valence-electron chi connectivity index (χ3n) is 2.33. The molecule has 0 fully saturated rings. The monoisotopic (exact) mass is 233 g/mol. The van der Waals surface area contributed by atoms with Crippen molar-refractivity contribution in [3.8, 4) is 0 Å². The van der Waals surface area contributed by atoms with E-state index in [-0.39, 0.29) is 12.5 Å². The minimum atomic E-state index is -0.485. The summed E-state index contributed by atoms with van der Waals surface area (Å²) >= 11 is 0. The normalized spacial score (nSPS) is 10.2. The van der Waals surface area contributed by atoms with Crippen molar-refractivity contribution in [1.29, 1.82) is 0 Å². The van der Waals surface area contributed by atoms with Gasteiger partial charge in [-0.15, -0.1) is 0 Å². The molecule has 2 rings (SSSR count). The van der Waals surface area contributed by atoms with Gasteiger partial charge in [-0.2, -0.15) is 5.10 Å². The van der Waals surface area contributed by atoms with E-state index in [1.807, 2.05) is 0 Å². The van der Waals surface area contributed by atoms with Crippen LogP contribution in [0.5, 0.6) is 0 Å². The van der Waals surface area contributed by atoms with E-state index in [0.717, 1.165) is 10.9 Å². The van der Waals surface area contributed by atoms with Gasteiger partial charge in [0, 0.05) is 10.9 Å². The molecular weight excluding hydrogens is 222 g/mol. The molecular formula is C11H11N3O3.